The van der Waals surface area contributed by atoms with E-state index >= 15 is 0 Å². The van der Waals surface area contributed by atoms with Gasteiger partial charge in [0.25, 0.3) is 0 Å². The highest BCUT2D eigenvalue weighted by Gasteiger charge is 1.96. The summed E-state index contributed by atoms with van der Waals surface area (Å²) in [6, 6.07) is 5.74. The normalized spacial score (nSPS) is 10.8. The molecule has 17 heavy (non-hydrogen) atoms. The number of hydrogen-bond acceptors (Lipinski definition) is 3. The van der Waals surface area contributed by atoms with Crippen LogP contribution in [0.3, 0.4) is 0 Å². The van der Waals surface area contributed by atoms with Crippen LogP contribution in [-0.4, -0.2) is 29.0 Å². The summed E-state index contributed by atoms with van der Waals surface area (Å²) < 4.78 is 0. The lowest BCUT2D eigenvalue weighted by Crippen LogP contribution is -2.35. The SMILES string of the molecule is C=CCNC(=S)NCN=C(C)c1ccccn1. The van der Waals surface area contributed by atoms with Crippen LogP contribution in [0.5, 0.6) is 0 Å². The van der Waals surface area contributed by atoms with E-state index in [1.807, 2.05) is 25.1 Å². The third kappa shape index (κ3) is 5.21. The molecule has 4 nitrogen and oxygen atoms in total. The third-order valence-electron chi connectivity index (χ3n) is 2.00. The number of hydrogen-bond donors (Lipinski definition) is 2. The lowest BCUT2D eigenvalue weighted by molar-refractivity contribution is 0.883. The Morgan fingerprint density at radius 3 is 3.00 bits per heavy atom. The molecule has 90 valence electrons. The van der Waals surface area contributed by atoms with Crippen molar-refractivity contribution < 1.29 is 0 Å². The fourth-order valence-corrected chi connectivity index (χ4v) is 1.26. The van der Waals surface area contributed by atoms with Gasteiger partial charge >= 0.3 is 0 Å². The largest absolute Gasteiger partial charge is 0.359 e. The molecule has 0 spiro atoms. The average Bonchev–Trinajstić information content (AvgIpc) is 2.37. The number of aliphatic imine (C=N–C) groups is 1. The summed E-state index contributed by atoms with van der Waals surface area (Å²) in [6.07, 6.45) is 3.49. The molecule has 0 aliphatic heterocycles. The lowest BCUT2D eigenvalue weighted by Gasteiger charge is -2.06. The van der Waals surface area contributed by atoms with Crippen molar-refractivity contribution in [1.29, 1.82) is 0 Å². The molecule has 5 heteroatoms. The molecule has 0 atom stereocenters. The second kappa shape index (κ2) is 7.51. The first-order chi connectivity index (χ1) is 8.24. The Bertz CT molecular complexity index is 400. The van der Waals surface area contributed by atoms with Crippen molar-refractivity contribution in [3.8, 4) is 0 Å². The maximum Gasteiger partial charge on any atom is 0.167 e. The van der Waals surface area contributed by atoms with Crippen LogP contribution in [0.15, 0.2) is 42.0 Å². The predicted molar refractivity (Wildman–Crippen MR) is 75.2 cm³/mol. The van der Waals surface area contributed by atoms with E-state index < -0.39 is 0 Å². The second-order valence-electron chi connectivity index (χ2n) is 3.29. The van der Waals surface area contributed by atoms with Gasteiger partial charge in [-0.1, -0.05) is 12.1 Å². The van der Waals surface area contributed by atoms with Crippen molar-refractivity contribution in [1.82, 2.24) is 15.6 Å². The van der Waals surface area contributed by atoms with Gasteiger partial charge in [-0.05, 0) is 31.3 Å². The Hall–Kier alpha value is -1.75. The number of nitrogens with zero attached hydrogens (tertiary/aromatic N) is 2. The summed E-state index contributed by atoms with van der Waals surface area (Å²) in [5.41, 5.74) is 1.75. The van der Waals surface area contributed by atoms with E-state index in [1.54, 1.807) is 12.3 Å². The molecule has 2 N–H and O–H groups in total. The van der Waals surface area contributed by atoms with Gasteiger partial charge in [0.15, 0.2) is 5.11 Å². The number of aromatic nitrogens is 1. The van der Waals surface area contributed by atoms with Crippen molar-refractivity contribution >= 4 is 23.0 Å². The molecular formula is C12H16N4S. The number of pyridine rings is 1. The van der Waals surface area contributed by atoms with Crippen molar-refractivity contribution in [3.63, 3.8) is 0 Å². The van der Waals surface area contributed by atoms with Gasteiger partial charge in [0.2, 0.25) is 0 Å². The van der Waals surface area contributed by atoms with Crippen LogP contribution in [0.25, 0.3) is 0 Å². The lowest BCUT2D eigenvalue weighted by atomic mass is 10.2. The molecule has 1 heterocycles. The number of nitrogens with one attached hydrogen (secondary N) is 2. The highest BCUT2D eigenvalue weighted by atomic mass is 32.1. The molecular weight excluding hydrogens is 232 g/mol. The third-order valence-corrected chi connectivity index (χ3v) is 2.29. The van der Waals surface area contributed by atoms with E-state index in [-0.39, 0.29) is 0 Å². The summed E-state index contributed by atoms with van der Waals surface area (Å²) >= 11 is 5.03. The average molecular weight is 248 g/mol. The first-order valence-electron chi connectivity index (χ1n) is 5.29. The van der Waals surface area contributed by atoms with Gasteiger partial charge in [-0.25, -0.2) is 0 Å². The summed E-state index contributed by atoms with van der Waals surface area (Å²) in [7, 11) is 0. The summed E-state index contributed by atoms with van der Waals surface area (Å²) in [5, 5.41) is 6.51. The molecule has 1 aromatic heterocycles. The van der Waals surface area contributed by atoms with Gasteiger partial charge in [-0.3, -0.25) is 9.98 Å². The highest BCUT2D eigenvalue weighted by molar-refractivity contribution is 7.80. The van der Waals surface area contributed by atoms with E-state index in [9.17, 15) is 0 Å². The number of rotatable bonds is 5. The quantitative estimate of drug-likeness (QED) is 0.471. The van der Waals surface area contributed by atoms with Gasteiger partial charge in [0.05, 0.1) is 11.4 Å². The first-order valence-corrected chi connectivity index (χ1v) is 5.70. The highest BCUT2D eigenvalue weighted by Crippen LogP contribution is 1.95. The summed E-state index contributed by atoms with van der Waals surface area (Å²) in [6.45, 7) is 6.60. The Kier molecular flexibility index (Phi) is 5.88. The summed E-state index contributed by atoms with van der Waals surface area (Å²) in [5.74, 6) is 0. The number of thiocarbonyl (C=S) groups is 1. The van der Waals surface area contributed by atoms with Gasteiger partial charge in [0.1, 0.15) is 6.67 Å². The molecule has 0 radical (unpaired) electrons. The Morgan fingerprint density at radius 2 is 2.35 bits per heavy atom. The Labute approximate surface area is 107 Å². The smallest absolute Gasteiger partial charge is 0.167 e. The van der Waals surface area contributed by atoms with E-state index in [4.69, 9.17) is 12.2 Å². The van der Waals surface area contributed by atoms with Gasteiger partial charge in [-0.15, -0.1) is 6.58 Å². The molecule has 0 aliphatic carbocycles. The molecule has 0 bridgehead atoms. The predicted octanol–water partition coefficient (Wildman–Crippen LogP) is 1.50. The minimum atomic E-state index is 0.436. The monoisotopic (exact) mass is 248 g/mol. The zero-order valence-corrected chi connectivity index (χ0v) is 10.6. The molecule has 0 unspecified atom stereocenters. The molecule has 0 amide bonds. The zero-order valence-electron chi connectivity index (χ0n) is 9.81. The van der Waals surface area contributed by atoms with Crippen LogP contribution in [0.1, 0.15) is 12.6 Å². The van der Waals surface area contributed by atoms with E-state index in [0.29, 0.717) is 18.3 Å². The minimum Gasteiger partial charge on any atom is -0.359 e. The van der Waals surface area contributed by atoms with Crippen LogP contribution < -0.4 is 10.6 Å². The molecule has 1 rings (SSSR count). The second-order valence-corrected chi connectivity index (χ2v) is 3.70. The molecule has 0 aromatic carbocycles. The maximum absolute atomic E-state index is 5.03. The van der Waals surface area contributed by atoms with Crippen LogP contribution in [0, 0.1) is 0 Å². The fraction of sp³-hybridized carbons (Fsp3) is 0.250. The standard InChI is InChI=1S/C12H16N4S/c1-3-7-14-12(17)16-9-15-10(2)11-6-4-5-8-13-11/h3-6,8H,1,7,9H2,2H3,(H2,14,16,17). The van der Waals surface area contributed by atoms with Crippen molar-refractivity contribution in [3.05, 3.63) is 42.7 Å². The van der Waals surface area contributed by atoms with Crippen LogP contribution in [0.4, 0.5) is 0 Å². The fourth-order valence-electron chi connectivity index (χ4n) is 1.12. The van der Waals surface area contributed by atoms with Crippen molar-refractivity contribution in [2.24, 2.45) is 4.99 Å². The maximum atomic E-state index is 5.03. The van der Waals surface area contributed by atoms with Crippen LogP contribution >= 0.6 is 12.2 Å². The van der Waals surface area contributed by atoms with Gasteiger partial charge < -0.3 is 10.6 Å². The molecule has 1 aromatic rings. The molecule has 0 fully saturated rings. The Morgan fingerprint density at radius 1 is 1.53 bits per heavy atom. The first kappa shape index (κ1) is 13.3. The topological polar surface area (TPSA) is 49.3 Å². The van der Waals surface area contributed by atoms with Crippen molar-refractivity contribution in [2.75, 3.05) is 13.2 Å². The van der Waals surface area contributed by atoms with Crippen LogP contribution in [0.2, 0.25) is 0 Å². The Balaban J connectivity index is 2.39. The molecule has 0 aliphatic rings. The van der Waals surface area contributed by atoms with E-state index in [2.05, 4.69) is 27.2 Å². The minimum absolute atomic E-state index is 0.436. The van der Waals surface area contributed by atoms with Gasteiger partial charge in [0, 0.05) is 12.7 Å². The summed E-state index contributed by atoms with van der Waals surface area (Å²) in [4.78, 5) is 8.54. The zero-order chi connectivity index (χ0) is 12.5. The van der Waals surface area contributed by atoms with Crippen LogP contribution in [-0.2, 0) is 0 Å². The van der Waals surface area contributed by atoms with Crippen molar-refractivity contribution in [2.45, 2.75) is 6.92 Å². The molecule has 0 saturated heterocycles. The van der Waals surface area contributed by atoms with E-state index in [1.165, 1.54) is 0 Å². The van der Waals surface area contributed by atoms with Gasteiger partial charge in [-0.2, -0.15) is 0 Å². The molecule has 0 saturated carbocycles. The van der Waals surface area contributed by atoms with E-state index in [0.717, 1.165) is 11.4 Å².